The van der Waals surface area contributed by atoms with Gasteiger partial charge in [-0.25, -0.2) is 0 Å². The van der Waals surface area contributed by atoms with Crippen molar-refractivity contribution in [3.63, 3.8) is 0 Å². The minimum Gasteiger partial charge on any atom is -0.384 e. The van der Waals surface area contributed by atoms with Crippen LogP contribution in [0.1, 0.15) is 33.2 Å². The van der Waals surface area contributed by atoms with Crippen LogP contribution in [0.25, 0.3) is 0 Å². The quantitative estimate of drug-likeness (QED) is 0.724. The Labute approximate surface area is 93.2 Å². The second-order valence-electron chi connectivity index (χ2n) is 3.91. The molecule has 0 radical (unpaired) electrons. The topological polar surface area (TPSA) is 37.3 Å². The van der Waals surface area contributed by atoms with Crippen molar-refractivity contribution in [2.75, 3.05) is 0 Å². The van der Waals surface area contributed by atoms with Gasteiger partial charge in [-0.3, -0.25) is 4.79 Å². The molecule has 2 aromatic carbocycles. The number of hydrogen-bond donors (Lipinski definition) is 1. The van der Waals surface area contributed by atoms with Crippen molar-refractivity contribution < 1.29 is 9.90 Å². The molecule has 0 aliphatic heterocycles. The van der Waals surface area contributed by atoms with Crippen molar-refractivity contribution >= 4 is 5.78 Å². The number of benzene rings is 2. The van der Waals surface area contributed by atoms with Crippen LogP contribution in [0.4, 0.5) is 0 Å². The molecule has 2 heteroatoms. The normalized spacial score (nSPS) is 14.4. The molecule has 16 heavy (non-hydrogen) atoms. The molecule has 1 N–H and O–H groups in total. The highest BCUT2D eigenvalue weighted by Gasteiger charge is 2.28. The van der Waals surface area contributed by atoms with Crippen LogP contribution in [-0.2, 0) is 0 Å². The maximum atomic E-state index is 12.1. The van der Waals surface area contributed by atoms with Gasteiger partial charge in [0.2, 0.25) is 0 Å². The molecule has 0 heterocycles. The Morgan fingerprint density at radius 2 is 1.25 bits per heavy atom. The van der Waals surface area contributed by atoms with Crippen LogP contribution in [0, 0.1) is 0 Å². The van der Waals surface area contributed by atoms with Gasteiger partial charge in [0.25, 0.3) is 0 Å². The van der Waals surface area contributed by atoms with Gasteiger partial charge >= 0.3 is 0 Å². The van der Waals surface area contributed by atoms with Crippen LogP contribution in [0.3, 0.4) is 0 Å². The zero-order chi connectivity index (χ0) is 11.1. The molecule has 0 amide bonds. The van der Waals surface area contributed by atoms with Crippen molar-refractivity contribution in [2.45, 2.75) is 6.10 Å². The molecule has 3 rings (SSSR count). The number of aliphatic hydroxyl groups excluding tert-OH is 1. The van der Waals surface area contributed by atoms with Crippen LogP contribution in [0.2, 0.25) is 0 Å². The Hall–Kier alpha value is -1.93. The highest BCUT2D eigenvalue weighted by Crippen LogP contribution is 2.34. The van der Waals surface area contributed by atoms with Gasteiger partial charge in [-0.05, 0) is 11.1 Å². The first-order valence-electron chi connectivity index (χ1n) is 5.19. The summed E-state index contributed by atoms with van der Waals surface area (Å²) >= 11 is 0. The molecular weight excluding hydrogens is 200 g/mol. The average Bonchev–Trinajstić information content (AvgIpc) is 2.36. The van der Waals surface area contributed by atoms with Gasteiger partial charge in [0, 0.05) is 11.1 Å². The van der Waals surface area contributed by atoms with Crippen molar-refractivity contribution in [3.8, 4) is 0 Å². The van der Waals surface area contributed by atoms with E-state index in [-0.39, 0.29) is 5.78 Å². The van der Waals surface area contributed by atoms with Crippen molar-refractivity contribution in [2.24, 2.45) is 0 Å². The highest BCUT2D eigenvalue weighted by molar-refractivity contribution is 6.12. The molecule has 2 aromatic rings. The third-order valence-electron chi connectivity index (χ3n) is 3.00. The highest BCUT2D eigenvalue weighted by atomic mass is 16.3. The fraction of sp³-hybridized carbons (Fsp3) is 0.0714. The number of carbonyl (C=O) groups excluding carboxylic acids is 1. The van der Waals surface area contributed by atoms with Crippen molar-refractivity contribution in [1.82, 2.24) is 0 Å². The van der Waals surface area contributed by atoms with Crippen molar-refractivity contribution in [3.05, 3.63) is 70.8 Å². The molecule has 1 aliphatic rings. The predicted molar refractivity (Wildman–Crippen MR) is 60.4 cm³/mol. The first-order chi connectivity index (χ1) is 7.79. The van der Waals surface area contributed by atoms with E-state index < -0.39 is 6.10 Å². The van der Waals surface area contributed by atoms with Gasteiger partial charge in [0.1, 0.15) is 6.10 Å². The third kappa shape index (κ3) is 1.14. The van der Waals surface area contributed by atoms with Crippen LogP contribution < -0.4 is 0 Å². The fourth-order valence-corrected chi connectivity index (χ4v) is 2.20. The van der Waals surface area contributed by atoms with E-state index in [0.717, 1.165) is 0 Å². The molecule has 0 aromatic heterocycles. The van der Waals surface area contributed by atoms with E-state index in [1.165, 1.54) is 0 Å². The molecule has 0 saturated carbocycles. The summed E-state index contributed by atoms with van der Waals surface area (Å²) in [6.45, 7) is 0. The van der Waals surface area contributed by atoms with Gasteiger partial charge in [-0.2, -0.15) is 0 Å². The van der Waals surface area contributed by atoms with Gasteiger partial charge in [0.05, 0.1) is 0 Å². The van der Waals surface area contributed by atoms with E-state index >= 15 is 0 Å². The number of ketones is 1. The largest absolute Gasteiger partial charge is 0.384 e. The summed E-state index contributed by atoms with van der Waals surface area (Å²) in [6, 6.07) is 14.4. The van der Waals surface area contributed by atoms with Crippen LogP contribution >= 0.6 is 0 Å². The SMILES string of the molecule is O=C1c2ccccc2C(O)c2ccccc21. The Bertz CT molecular complexity index is 523. The third-order valence-corrected chi connectivity index (χ3v) is 3.00. The summed E-state index contributed by atoms with van der Waals surface area (Å²) in [5, 5.41) is 10.2. The van der Waals surface area contributed by atoms with E-state index in [4.69, 9.17) is 0 Å². The van der Waals surface area contributed by atoms with E-state index in [0.29, 0.717) is 22.3 Å². The molecule has 78 valence electrons. The Morgan fingerprint density at radius 1 is 0.812 bits per heavy atom. The molecule has 0 spiro atoms. The van der Waals surface area contributed by atoms with Crippen LogP contribution in [0.15, 0.2) is 48.5 Å². The maximum Gasteiger partial charge on any atom is 0.193 e. The van der Waals surface area contributed by atoms with Crippen LogP contribution in [0.5, 0.6) is 0 Å². The first-order valence-corrected chi connectivity index (χ1v) is 5.19. The molecular formula is C14H10O2. The Balaban J connectivity index is 2.30. The number of rotatable bonds is 0. The molecule has 2 nitrogen and oxygen atoms in total. The second kappa shape index (κ2) is 3.29. The monoisotopic (exact) mass is 210 g/mol. The number of hydrogen-bond acceptors (Lipinski definition) is 2. The number of fused-ring (bicyclic) bond motifs is 2. The minimum absolute atomic E-state index is 0.00324. The fourth-order valence-electron chi connectivity index (χ4n) is 2.20. The van der Waals surface area contributed by atoms with Gasteiger partial charge < -0.3 is 5.11 Å². The second-order valence-corrected chi connectivity index (χ2v) is 3.91. The standard InChI is InChI=1S/C14H10O2/c15-13-9-5-1-2-6-10(9)14(16)12-8-4-3-7-11(12)13/h1-8,13,15H. The summed E-state index contributed by atoms with van der Waals surface area (Å²) in [5.74, 6) is -0.00324. The van der Waals surface area contributed by atoms with Crippen LogP contribution in [-0.4, -0.2) is 10.9 Å². The van der Waals surface area contributed by atoms with E-state index in [1.54, 1.807) is 24.3 Å². The summed E-state index contributed by atoms with van der Waals surface area (Å²) < 4.78 is 0. The summed E-state index contributed by atoms with van der Waals surface area (Å²) in [7, 11) is 0. The molecule has 0 bridgehead atoms. The smallest absolute Gasteiger partial charge is 0.193 e. The lowest BCUT2D eigenvalue weighted by Crippen LogP contribution is -2.18. The predicted octanol–water partition coefficient (Wildman–Crippen LogP) is 2.31. The number of carbonyl (C=O) groups is 1. The number of aliphatic hydroxyl groups is 1. The molecule has 0 atom stereocenters. The maximum absolute atomic E-state index is 12.1. The lowest BCUT2D eigenvalue weighted by atomic mass is 9.83. The average molecular weight is 210 g/mol. The van der Waals surface area contributed by atoms with Crippen molar-refractivity contribution in [1.29, 1.82) is 0 Å². The molecule has 0 unspecified atom stereocenters. The summed E-state index contributed by atoms with van der Waals surface area (Å²) in [5.41, 5.74) is 2.61. The lowest BCUT2D eigenvalue weighted by molar-refractivity contribution is 0.101. The Morgan fingerprint density at radius 3 is 1.75 bits per heavy atom. The summed E-state index contributed by atoms with van der Waals surface area (Å²) in [6.07, 6.45) is -0.690. The minimum atomic E-state index is -0.690. The van der Waals surface area contributed by atoms with E-state index in [9.17, 15) is 9.90 Å². The van der Waals surface area contributed by atoms with Gasteiger partial charge in [0.15, 0.2) is 5.78 Å². The zero-order valence-electron chi connectivity index (χ0n) is 8.55. The van der Waals surface area contributed by atoms with Gasteiger partial charge in [-0.1, -0.05) is 48.5 Å². The Kier molecular flexibility index (Phi) is 1.91. The molecule has 0 saturated heterocycles. The molecule has 0 fully saturated rings. The van der Waals surface area contributed by atoms with E-state index in [2.05, 4.69) is 0 Å². The lowest BCUT2D eigenvalue weighted by Gasteiger charge is -2.23. The summed E-state index contributed by atoms with van der Waals surface area (Å²) in [4.78, 5) is 12.1. The molecule has 1 aliphatic carbocycles. The first kappa shape index (κ1) is 9.31. The van der Waals surface area contributed by atoms with Gasteiger partial charge in [-0.15, -0.1) is 0 Å². The van der Waals surface area contributed by atoms with E-state index in [1.807, 2.05) is 24.3 Å². The zero-order valence-corrected chi connectivity index (χ0v) is 8.55.